The first kappa shape index (κ1) is 14.3. The van der Waals surface area contributed by atoms with E-state index >= 15 is 0 Å². The van der Waals surface area contributed by atoms with Crippen molar-refractivity contribution in [3.8, 4) is 0 Å². The van der Waals surface area contributed by atoms with Crippen LogP contribution in [0.4, 0.5) is 5.69 Å². The van der Waals surface area contributed by atoms with E-state index in [9.17, 15) is 9.59 Å². The molecule has 8 heteroatoms. The molecule has 1 aliphatic heterocycles. The lowest BCUT2D eigenvalue weighted by Gasteiger charge is -2.16. The molecular formula is C15H12N4O2S2. The molecule has 0 unspecified atom stereocenters. The van der Waals surface area contributed by atoms with Crippen LogP contribution in [0.25, 0.3) is 4.96 Å². The van der Waals surface area contributed by atoms with Gasteiger partial charge in [-0.3, -0.25) is 14.0 Å². The number of nitrogens with one attached hydrogen (secondary N) is 2. The Kier molecular flexibility index (Phi) is 3.55. The second-order valence-electron chi connectivity index (χ2n) is 5.06. The number of benzene rings is 1. The Balaban J connectivity index is 1.47. The molecule has 6 nitrogen and oxygen atoms in total. The molecular weight excluding hydrogens is 332 g/mol. The van der Waals surface area contributed by atoms with Gasteiger partial charge in [-0.15, -0.1) is 23.1 Å². The van der Waals surface area contributed by atoms with E-state index in [1.54, 1.807) is 23.5 Å². The van der Waals surface area contributed by atoms with Crippen LogP contribution in [0.1, 0.15) is 16.1 Å². The minimum absolute atomic E-state index is 0.0434. The van der Waals surface area contributed by atoms with Crippen LogP contribution in [0, 0.1) is 0 Å². The first-order valence-corrected chi connectivity index (χ1v) is 8.81. The quantitative estimate of drug-likeness (QED) is 0.765. The minimum Gasteiger partial charge on any atom is -0.346 e. The smallest absolute Gasteiger partial charge is 0.251 e. The Morgan fingerprint density at radius 1 is 1.43 bits per heavy atom. The van der Waals surface area contributed by atoms with E-state index in [4.69, 9.17) is 0 Å². The van der Waals surface area contributed by atoms with Crippen molar-refractivity contribution < 1.29 is 9.59 Å². The van der Waals surface area contributed by atoms with Gasteiger partial charge < -0.3 is 10.6 Å². The van der Waals surface area contributed by atoms with Gasteiger partial charge in [-0.25, -0.2) is 4.98 Å². The zero-order chi connectivity index (χ0) is 15.8. The Morgan fingerprint density at radius 2 is 2.35 bits per heavy atom. The van der Waals surface area contributed by atoms with Crippen molar-refractivity contribution in [2.24, 2.45) is 0 Å². The maximum Gasteiger partial charge on any atom is 0.251 e. The third-order valence-corrected chi connectivity index (χ3v) is 5.29. The van der Waals surface area contributed by atoms with Gasteiger partial charge in [0, 0.05) is 28.2 Å². The van der Waals surface area contributed by atoms with Crippen LogP contribution in [0.15, 0.2) is 40.9 Å². The number of carbonyl (C=O) groups is 2. The number of imidazole rings is 1. The SMILES string of the molecule is O=C1CSc2ccc(C(=O)NCc3cn4ccsc4n3)cc2N1. The van der Waals surface area contributed by atoms with Gasteiger partial charge in [0.05, 0.1) is 23.7 Å². The molecule has 0 saturated heterocycles. The molecule has 2 aromatic heterocycles. The van der Waals surface area contributed by atoms with Crippen LogP contribution in [-0.4, -0.2) is 27.0 Å². The van der Waals surface area contributed by atoms with Gasteiger partial charge >= 0.3 is 0 Å². The standard InChI is InChI=1S/C15H12N4O2S2/c20-13-8-23-12-2-1-9(5-11(12)18-13)14(21)16-6-10-7-19-3-4-22-15(19)17-10/h1-5,7H,6,8H2,(H,16,21)(H,18,20). The van der Waals surface area contributed by atoms with Gasteiger partial charge in [-0.1, -0.05) is 0 Å². The van der Waals surface area contributed by atoms with E-state index < -0.39 is 0 Å². The predicted octanol–water partition coefficient (Wildman–Crippen LogP) is 2.37. The van der Waals surface area contributed by atoms with E-state index in [2.05, 4.69) is 15.6 Å². The van der Waals surface area contributed by atoms with Crippen molar-refractivity contribution in [1.82, 2.24) is 14.7 Å². The largest absolute Gasteiger partial charge is 0.346 e. The Morgan fingerprint density at radius 3 is 3.22 bits per heavy atom. The summed E-state index contributed by atoms with van der Waals surface area (Å²) in [7, 11) is 0. The topological polar surface area (TPSA) is 75.5 Å². The van der Waals surface area contributed by atoms with Crippen LogP contribution in [0.5, 0.6) is 0 Å². The molecule has 2 N–H and O–H groups in total. The van der Waals surface area contributed by atoms with Gasteiger partial charge in [-0.2, -0.15) is 0 Å². The average Bonchev–Trinajstić information content (AvgIpc) is 3.13. The van der Waals surface area contributed by atoms with Crippen molar-refractivity contribution in [3.05, 3.63) is 47.2 Å². The highest BCUT2D eigenvalue weighted by Gasteiger charge is 2.17. The first-order chi connectivity index (χ1) is 11.2. The Bertz CT molecular complexity index is 887. The normalized spacial score (nSPS) is 13.7. The number of amides is 2. The lowest BCUT2D eigenvalue weighted by Crippen LogP contribution is -2.24. The van der Waals surface area contributed by atoms with E-state index in [0.717, 1.165) is 15.6 Å². The summed E-state index contributed by atoms with van der Waals surface area (Å²) in [5, 5.41) is 7.61. The second-order valence-corrected chi connectivity index (χ2v) is 6.95. The van der Waals surface area contributed by atoms with E-state index in [-0.39, 0.29) is 11.8 Å². The monoisotopic (exact) mass is 344 g/mol. The molecule has 116 valence electrons. The van der Waals surface area contributed by atoms with Crippen LogP contribution in [0.3, 0.4) is 0 Å². The van der Waals surface area contributed by atoms with Gasteiger partial charge in [0.25, 0.3) is 5.91 Å². The predicted molar refractivity (Wildman–Crippen MR) is 90.0 cm³/mol. The molecule has 1 aromatic carbocycles. The van der Waals surface area contributed by atoms with Crippen LogP contribution in [0.2, 0.25) is 0 Å². The van der Waals surface area contributed by atoms with Crippen LogP contribution >= 0.6 is 23.1 Å². The number of fused-ring (bicyclic) bond motifs is 2. The summed E-state index contributed by atoms with van der Waals surface area (Å²) in [5.41, 5.74) is 2.03. The lowest BCUT2D eigenvalue weighted by atomic mass is 10.2. The number of nitrogens with zero attached hydrogens (tertiary/aromatic N) is 2. The number of carbonyl (C=O) groups excluding carboxylic acids is 2. The third-order valence-electron chi connectivity index (χ3n) is 3.45. The summed E-state index contributed by atoms with van der Waals surface area (Å²) < 4.78 is 1.93. The number of thiazole rings is 1. The molecule has 0 spiro atoms. The molecule has 0 fully saturated rings. The number of anilines is 1. The van der Waals surface area contributed by atoms with Crippen molar-refractivity contribution in [3.63, 3.8) is 0 Å². The summed E-state index contributed by atoms with van der Waals surface area (Å²) in [4.78, 5) is 30.0. The summed E-state index contributed by atoms with van der Waals surface area (Å²) in [6.45, 7) is 0.366. The fourth-order valence-electron chi connectivity index (χ4n) is 2.36. The third kappa shape index (κ3) is 2.82. The van der Waals surface area contributed by atoms with Gasteiger partial charge in [0.15, 0.2) is 4.96 Å². The number of hydrogen-bond donors (Lipinski definition) is 2. The lowest BCUT2D eigenvalue weighted by molar-refractivity contribution is -0.113. The molecule has 4 rings (SSSR count). The van der Waals surface area contributed by atoms with Crippen molar-refractivity contribution in [2.75, 3.05) is 11.1 Å². The molecule has 3 heterocycles. The molecule has 23 heavy (non-hydrogen) atoms. The fraction of sp³-hybridized carbons (Fsp3) is 0.133. The maximum absolute atomic E-state index is 12.3. The molecule has 0 atom stereocenters. The molecule has 0 radical (unpaired) electrons. The van der Waals surface area contributed by atoms with Gasteiger partial charge in [0.2, 0.25) is 5.91 Å². The van der Waals surface area contributed by atoms with Crippen LogP contribution in [-0.2, 0) is 11.3 Å². The van der Waals surface area contributed by atoms with Gasteiger partial charge in [0.1, 0.15) is 0 Å². The molecule has 0 saturated carbocycles. The van der Waals surface area contributed by atoms with E-state index in [0.29, 0.717) is 23.5 Å². The maximum atomic E-state index is 12.3. The zero-order valence-electron chi connectivity index (χ0n) is 11.9. The molecule has 3 aromatic rings. The highest BCUT2D eigenvalue weighted by atomic mass is 32.2. The van der Waals surface area contributed by atoms with E-state index in [1.165, 1.54) is 11.8 Å². The van der Waals surface area contributed by atoms with Gasteiger partial charge in [-0.05, 0) is 18.2 Å². The summed E-state index contributed by atoms with van der Waals surface area (Å²) in [5.74, 6) is 0.183. The Hall–Kier alpha value is -2.32. The summed E-state index contributed by atoms with van der Waals surface area (Å²) in [6, 6.07) is 5.34. The zero-order valence-corrected chi connectivity index (χ0v) is 13.5. The van der Waals surface area contributed by atoms with Crippen molar-refractivity contribution in [2.45, 2.75) is 11.4 Å². The molecule has 0 bridgehead atoms. The average molecular weight is 344 g/mol. The highest BCUT2D eigenvalue weighted by Crippen LogP contribution is 2.31. The molecule has 0 aliphatic carbocycles. The van der Waals surface area contributed by atoms with Crippen LogP contribution < -0.4 is 10.6 Å². The van der Waals surface area contributed by atoms with Crippen molar-refractivity contribution >= 4 is 45.6 Å². The summed E-state index contributed by atoms with van der Waals surface area (Å²) >= 11 is 3.03. The second kappa shape index (κ2) is 5.71. The van der Waals surface area contributed by atoms with Crippen molar-refractivity contribution in [1.29, 1.82) is 0 Å². The summed E-state index contributed by atoms with van der Waals surface area (Å²) in [6.07, 6.45) is 3.83. The van der Waals surface area contributed by atoms with E-state index in [1.807, 2.05) is 28.2 Å². The molecule has 2 amide bonds. The highest BCUT2D eigenvalue weighted by molar-refractivity contribution is 8.00. The Labute approximate surface area is 139 Å². The minimum atomic E-state index is -0.186. The molecule has 1 aliphatic rings. The number of rotatable bonds is 3. The number of aromatic nitrogens is 2. The number of thioether (sulfide) groups is 1. The fourth-order valence-corrected chi connectivity index (χ4v) is 3.87. The number of hydrogen-bond acceptors (Lipinski definition) is 5. The first-order valence-electron chi connectivity index (χ1n) is 6.95.